The van der Waals surface area contributed by atoms with Gasteiger partial charge in [0.05, 0.1) is 0 Å². The molecule has 0 heterocycles. The van der Waals surface area contributed by atoms with Gasteiger partial charge >= 0.3 is 0 Å². The number of carbonyl (C=O) groups is 2. The Labute approximate surface area is 108 Å². The van der Waals surface area contributed by atoms with Crippen molar-refractivity contribution in [1.29, 1.82) is 0 Å². The summed E-state index contributed by atoms with van der Waals surface area (Å²) in [4.78, 5) is 22.4. The van der Waals surface area contributed by atoms with E-state index in [1.165, 1.54) is 12.2 Å². The van der Waals surface area contributed by atoms with Gasteiger partial charge in [-0.05, 0) is 29.1 Å². The number of ketones is 1. The molecule has 1 N–H and O–H groups in total. The summed E-state index contributed by atoms with van der Waals surface area (Å²) in [5.41, 5.74) is 0. The number of rotatable bonds is 9. The van der Waals surface area contributed by atoms with Gasteiger partial charge in [-0.25, -0.2) is 0 Å². The molecule has 0 aliphatic heterocycles. The van der Waals surface area contributed by atoms with E-state index in [1.807, 2.05) is 0 Å². The summed E-state index contributed by atoms with van der Waals surface area (Å²) in [6.45, 7) is 11.6. The van der Waals surface area contributed by atoms with Gasteiger partial charge in [0.15, 0.2) is 5.78 Å². The van der Waals surface area contributed by atoms with Gasteiger partial charge in [-0.1, -0.05) is 27.0 Å². The molecule has 1 unspecified atom stereocenters. The maximum atomic E-state index is 11.3. The molecule has 1 atom stereocenters. The molecule has 1 amide bonds. The third kappa shape index (κ3) is 8.74. The highest BCUT2D eigenvalue weighted by molar-refractivity contribution is 7.99. The smallest absolute Gasteiger partial charge is 0.243 e. The topological polar surface area (TPSA) is 46.2 Å². The fourth-order valence-corrected chi connectivity index (χ4v) is 2.10. The zero-order chi connectivity index (χ0) is 13.3. The molecule has 0 rings (SSSR count). The number of thioether (sulfide) groups is 1. The lowest BCUT2D eigenvalue weighted by atomic mass is 10.0. The zero-order valence-corrected chi connectivity index (χ0v) is 11.4. The minimum Gasteiger partial charge on any atom is -0.352 e. The molecule has 0 aliphatic rings. The molecule has 0 fully saturated rings. The molecule has 0 radical (unpaired) electrons. The molecule has 0 saturated heterocycles. The lowest BCUT2D eigenvalue weighted by molar-refractivity contribution is -0.118. The van der Waals surface area contributed by atoms with Crippen molar-refractivity contribution in [2.45, 2.75) is 25.5 Å². The average Bonchev–Trinajstić information content (AvgIpc) is 2.31. The lowest BCUT2D eigenvalue weighted by Crippen LogP contribution is -2.30. The Bertz CT molecular complexity index is 287. The number of amides is 1. The maximum Gasteiger partial charge on any atom is 0.243 e. The molecule has 0 saturated carbocycles. The van der Waals surface area contributed by atoms with Gasteiger partial charge in [0, 0.05) is 13.0 Å². The number of hydrogen-bond acceptors (Lipinski definition) is 3. The molecule has 0 aromatic rings. The minimum atomic E-state index is -0.199. The number of nitrogens with one attached hydrogen (secondary N) is 1. The lowest BCUT2D eigenvalue weighted by Gasteiger charge is -2.16. The standard InChI is InChI=1S/C13H21NO2S/c1-5-12(15)7-11(9-17-10(3)4)8-14-13(16)6-2/h5-6,10-11H,1-2,7-9H2,3-4H3,(H,14,16). The first-order valence-electron chi connectivity index (χ1n) is 5.66. The van der Waals surface area contributed by atoms with Crippen LogP contribution in [-0.4, -0.2) is 29.2 Å². The Balaban J connectivity index is 4.18. The van der Waals surface area contributed by atoms with E-state index in [0.717, 1.165) is 5.75 Å². The van der Waals surface area contributed by atoms with Gasteiger partial charge in [-0.15, -0.1) is 0 Å². The first kappa shape index (κ1) is 16.0. The fourth-order valence-electron chi connectivity index (χ4n) is 1.20. The van der Waals surface area contributed by atoms with Crippen molar-refractivity contribution in [3.05, 3.63) is 25.3 Å². The van der Waals surface area contributed by atoms with E-state index < -0.39 is 0 Å². The number of hydrogen-bond donors (Lipinski definition) is 1. The second-order valence-electron chi connectivity index (χ2n) is 4.07. The molecular weight excluding hydrogens is 234 g/mol. The highest BCUT2D eigenvalue weighted by Crippen LogP contribution is 2.17. The van der Waals surface area contributed by atoms with Crippen LogP contribution < -0.4 is 5.32 Å². The first-order valence-corrected chi connectivity index (χ1v) is 6.71. The zero-order valence-electron chi connectivity index (χ0n) is 10.6. The average molecular weight is 255 g/mol. The van der Waals surface area contributed by atoms with Crippen LogP contribution in [0.1, 0.15) is 20.3 Å². The van der Waals surface area contributed by atoms with Crippen molar-refractivity contribution in [2.75, 3.05) is 12.3 Å². The van der Waals surface area contributed by atoms with E-state index in [4.69, 9.17) is 0 Å². The van der Waals surface area contributed by atoms with Crippen molar-refractivity contribution in [3.63, 3.8) is 0 Å². The van der Waals surface area contributed by atoms with E-state index >= 15 is 0 Å². The molecule has 3 nitrogen and oxygen atoms in total. The van der Waals surface area contributed by atoms with Crippen LogP contribution >= 0.6 is 11.8 Å². The number of carbonyl (C=O) groups excluding carboxylic acids is 2. The van der Waals surface area contributed by atoms with Crippen molar-refractivity contribution < 1.29 is 9.59 Å². The number of allylic oxidation sites excluding steroid dienone is 1. The van der Waals surface area contributed by atoms with E-state index in [-0.39, 0.29) is 17.6 Å². The van der Waals surface area contributed by atoms with Crippen molar-refractivity contribution in [3.8, 4) is 0 Å². The molecule has 0 spiro atoms. The van der Waals surface area contributed by atoms with Gasteiger partial charge < -0.3 is 5.32 Å². The Morgan fingerprint density at radius 3 is 2.41 bits per heavy atom. The second kappa shape index (κ2) is 9.05. The highest BCUT2D eigenvalue weighted by Gasteiger charge is 2.13. The molecule has 0 aromatic carbocycles. The third-order valence-corrected chi connectivity index (χ3v) is 3.46. The molecule has 0 aromatic heterocycles. The Kier molecular flexibility index (Phi) is 8.50. The molecule has 96 valence electrons. The molecule has 0 bridgehead atoms. The van der Waals surface area contributed by atoms with Crippen LogP contribution in [0.15, 0.2) is 25.3 Å². The maximum absolute atomic E-state index is 11.3. The van der Waals surface area contributed by atoms with Crippen LogP contribution in [0.25, 0.3) is 0 Å². The monoisotopic (exact) mass is 255 g/mol. The van der Waals surface area contributed by atoms with E-state index in [9.17, 15) is 9.59 Å². The summed E-state index contributed by atoms with van der Waals surface area (Å²) in [6, 6.07) is 0. The third-order valence-electron chi connectivity index (χ3n) is 2.13. The SMILES string of the molecule is C=CC(=O)CC(CNC(=O)C=C)CSC(C)C. The van der Waals surface area contributed by atoms with E-state index in [1.54, 1.807) is 11.8 Å². The van der Waals surface area contributed by atoms with Crippen LogP contribution in [0.5, 0.6) is 0 Å². The quantitative estimate of drug-likeness (QED) is 0.642. The predicted molar refractivity (Wildman–Crippen MR) is 74.1 cm³/mol. The van der Waals surface area contributed by atoms with Crippen LogP contribution in [0.2, 0.25) is 0 Å². The Morgan fingerprint density at radius 1 is 1.29 bits per heavy atom. The largest absolute Gasteiger partial charge is 0.352 e. The second-order valence-corrected chi connectivity index (χ2v) is 5.68. The normalized spacial score (nSPS) is 11.9. The summed E-state index contributed by atoms with van der Waals surface area (Å²) >= 11 is 1.79. The van der Waals surface area contributed by atoms with Crippen molar-refractivity contribution >= 4 is 23.5 Å². The summed E-state index contributed by atoms with van der Waals surface area (Å²) < 4.78 is 0. The summed E-state index contributed by atoms with van der Waals surface area (Å²) in [5.74, 6) is 0.828. The fraction of sp³-hybridized carbons (Fsp3) is 0.538. The van der Waals surface area contributed by atoms with E-state index in [2.05, 4.69) is 32.3 Å². The first-order chi connectivity index (χ1) is 7.99. The molecular formula is C13H21NO2S. The summed E-state index contributed by atoms with van der Waals surface area (Å²) in [7, 11) is 0. The molecule has 4 heteroatoms. The molecule has 0 aliphatic carbocycles. The van der Waals surface area contributed by atoms with Crippen LogP contribution in [0.4, 0.5) is 0 Å². The predicted octanol–water partition coefficient (Wildman–Crippen LogP) is 2.19. The van der Waals surface area contributed by atoms with Gasteiger partial charge in [-0.3, -0.25) is 9.59 Å². The Morgan fingerprint density at radius 2 is 1.94 bits per heavy atom. The van der Waals surface area contributed by atoms with Crippen LogP contribution in [0.3, 0.4) is 0 Å². The molecule has 17 heavy (non-hydrogen) atoms. The summed E-state index contributed by atoms with van der Waals surface area (Å²) in [5, 5.41) is 3.25. The van der Waals surface area contributed by atoms with Crippen molar-refractivity contribution in [1.82, 2.24) is 5.32 Å². The minimum absolute atomic E-state index is 0.0206. The van der Waals surface area contributed by atoms with Crippen LogP contribution in [0, 0.1) is 5.92 Å². The van der Waals surface area contributed by atoms with Gasteiger partial charge in [0.1, 0.15) is 0 Å². The van der Waals surface area contributed by atoms with Crippen LogP contribution in [-0.2, 0) is 9.59 Å². The van der Waals surface area contributed by atoms with Gasteiger partial charge in [0.2, 0.25) is 5.91 Å². The highest BCUT2D eigenvalue weighted by atomic mass is 32.2. The van der Waals surface area contributed by atoms with Crippen molar-refractivity contribution in [2.24, 2.45) is 5.92 Å². The van der Waals surface area contributed by atoms with E-state index in [0.29, 0.717) is 18.2 Å². The Hall–Kier alpha value is -1.03. The summed E-state index contributed by atoms with van der Waals surface area (Å²) in [6.07, 6.45) is 3.00. The van der Waals surface area contributed by atoms with Gasteiger partial charge in [0.25, 0.3) is 0 Å². The van der Waals surface area contributed by atoms with Gasteiger partial charge in [-0.2, -0.15) is 11.8 Å².